The first-order chi connectivity index (χ1) is 10.7. The van der Waals surface area contributed by atoms with Gasteiger partial charge in [-0.3, -0.25) is 5.10 Å². The lowest BCUT2D eigenvalue weighted by molar-refractivity contribution is -0.137. The maximum Gasteiger partial charge on any atom is 0.416 e. The minimum absolute atomic E-state index is 0.108. The molecule has 1 heterocycles. The highest BCUT2D eigenvalue weighted by Crippen LogP contribution is 2.36. The Morgan fingerprint density at radius 1 is 1.09 bits per heavy atom. The van der Waals surface area contributed by atoms with Crippen LogP contribution in [-0.4, -0.2) is 24.9 Å². The summed E-state index contributed by atoms with van der Waals surface area (Å²) >= 11 is 0. The summed E-state index contributed by atoms with van der Waals surface area (Å²) in [4.78, 5) is 0.108. The van der Waals surface area contributed by atoms with Crippen LogP contribution in [0.3, 0.4) is 0 Å². The summed E-state index contributed by atoms with van der Waals surface area (Å²) in [7, 11) is -3.36. The Morgan fingerprint density at radius 2 is 1.74 bits per heavy atom. The van der Waals surface area contributed by atoms with Gasteiger partial charge >= 0.3 is 6.18 Å². The third-order valence-corrected chi connectivity index (χ3v) is 4.61. The van der Waals surface area contributed by atoms with Gasteiger partial charge in [0.1, 0.15) is 0 Å². The van der Waals surface area contributed by atoms with E-state index in [1.165, 1.54) is 30.5 Å². The van der Waals surface area contributed by atoms with Gasteiger partial charge in [-0.1, -0.05) is 12.1 Å². The highest BCUT2D eigenvalue weighted by atomic mass is 32.2. The van der Waals surface area contributed by atoms with Crippen LogP contribution in [0, 0.1) is 0 Å². The molecular weight excluding hydrogens is 329 g/mol. The Bertz CT molecular complexity index is 974. The maximum atomic E-state index is 13.0. The molecule has 0 radical (unpaired) electrons. The van der Waals surface area contributed by atoms with Crippen LogP contribution >= 0.6 is 0 Å². The highest BCUT2D eigenvalue weighted by molar-refractivity contribution is 7.90. The fourth-order valence-corrected chi connectivity index (χ4v) is 2.97. The van der Waals surface area contributed by atoms with E-state index in [0.29, 0.717) is 16.5 Å². The summed E-state index contributed by atoms with van der Waals surface area (Å²) in [5.41, 5.74) is 0.289. The molecule has 3 aromatic rings. The van der Waals surface area contributed by atoms with Crippen LogP contribution in [0.15, 0.2) is 47.5 Å². The molecule has 0 amide bonds. The smallest absolute Gasteiger partial charge is 0.278 e. The van der Waals surface area contributed by atoms with Crippen LogP contribution in [0.5, 0.6) is 0 Å². The van der Waals surface area contributed by atoms with Gasteiger partial charge < -0.3 is 0 Å². The van der Waals surface area contributed by atoms with Gasteiger partial charge in [0.15, 0.2) is 9.84 Å². The number of hydrogen-bond acceptors (Lipinski definition) is 3. The molecule has 2 aromatic carbocycles. The molecular formula is C15H11F3N2O2S. The average Bonchev–Trinajstić information content (AvgIpc) is 2.93. The predicted octanol–water partition coefficient (Wildman–Crippen LogP) is 3.65. The molecule has 0 saturated heterocycles. The Balaban J connectivity index is 2.21. The standard InChI is InChI=1S/C15H11F3N2O2S/c1-23(21,22)11-4-2-9(3-5-11)12-6-10(15(16,17)18)7-14-13(12)8-19-20-14/h2-8H,1H3,(H,19,20). The molecule has 8 heteroatoms. The lowest BCUT2D eigenvalue weighted by Crippen LogP contribution is -2.05. The summed E-state index contributed by atoms with van der Waals surface area (Å²) < 4.78 is 62.0. The highest BCUT2D eigenvalue weighted by Gasteiger charge is 2.31. The minimum Gasteiger partial charge on any atom is -0.278 e. The zero-order valence-electron chi connectivity index (χ0n) is 11.8. The molecule has 0 unspecified atom stereocenters. The first kappa shape index (κ1) is 15.5. The second-order valence-corrected chi connectivity index (χ2v) is 7.17. The van der Waals surface area contributed by atoms with Crippen LogP contribution in [-0.2, 0) is 16.0 Å². The second-order valence-electron chi connectivity index (χ2n) is 5.15. The summed E-state index contributed by atoms with van der Waals surface area (Å²) in [6.45, 7) is 0. The van der Waals surface area contributed by atoms with Crippen LogP contribution in [0.4, 0.5) is 13.2 Å². The molecule has 0 aliphatic heterocycles. The number of nitrogens with one attached hydrogen (secondary N) is 1. The number of nitrogens with zero attached hydrogens (tertiary/aromatic N) is 1. The van der Waals surface area contributed by atoms with E-state index >= 15 is 0 Å². The third-order valence-electron chi connectivity index (χ3n) is 3.48. The second kappa shape index (κ2) is 5.09. The van der Waals surface area contributed by atoms with Gasteiger partial charge in [0, 0.05) is 11.6 Å². The lowest BCUT2D eigenvalue weighted by Gasteiger charge is -2.11. The predicted molar refractivity (Wildman–Crippen MR) is 79.6 cm³/mol. The Morgan fingerprint density at radius 3 is 2.30 bits per heavy atom. The van der Waals surface area contributed by atoms with Crippen molar-refractivity contribution in [3.05, 3.63) is 48.2 Å². The molecule has 0 bridgehead atoms. The summed E-state index contributed by atoms with van der Waals surface area (Å²) in [6, 6.07) is 7.74. The first-order valence-electron chi connectivity index (χ1n) is 6.51. The van der Waals surface area contributed by atoms with E-state index in [9.17, 15) is 21.6 Å². The van der Waals surface area contributed by atoms with Gasteiger partial charge in [-0.15, -0.1) is 0 Å². The van der Waals surface area contributed by atoms with Gasteiger partial charge in [0.25, 0.3) is 0 Å². The van der Waals surface area contributed by atoms with Crippen molar-refractivity contribution in [2.75, 3.05) is 6.26 Å². The molecule has 0 saturated carbocycles. The molecule has 0 aliphatic carbocycles. The summed E-state index contributed by atoms with van der Waals surface area (Å²) in [6.07, 6.45) is -1.98. The van der Waals surface area contributed by atoms with Crippen LogP contribution in [0.25, 0.3) is 22.0 Å². The average molecular weight is 340 g/mol. The number of aromatic amines is 1. The van der Waals surface area contributed by atoms with Gasteiger partial charge in [0.2, 0.25) is 0 Å². The van der Waals surface area contributed by atoms with Crippen molar-refractivity contribution < 1.29 is 21.6 Å². The number of fused-ring (bicyclic) bond motifs is 1. The van der Waals surface area contributed by atoms with Gasteiger partial charge in [-0.25, -0.2) is 8.42 Å². The molecule has 120 valence electrons. The fraction of sp³-hybridized carbons (Fsp3) is 0.133. The molecule has 1 N–H and O–H groups in total. The van der Waals surface area contributed by atoms with Gasteiger partial charge in [-0.05, 0) is 35.4 Å². The van der Waals surface area contributed by atoms with Crippen LogP contribution < -0.4 is 0 Å². The van der Waals surface area contributed by atoms with Crippen molar-refractivity contribution >= 4 is 20.7 Å². The number of hydrogen-bond donors (Lipinski definition) is 1. The fourth-order valence-electron chi connectivity index (χ4n) is 2.34. The van der Waals surface area contributed by atoms with E-state index in [1.54, 1.807) is 0 Å². The number of rotatable bonds is 2. The van der Waals surface area contributed by atoms with Crippen LogP contribution in [0.2, 0.25) is 0 Å². The zero-order chi connectivity index (χ0) is 16.8. The zero-order valence-corrected chi connectivity index (χ0v) is 12.7. The number of alkyl halides is 3. The summed E-state index contributed by atoms with van der Waals surface area (Å²) in [5, 5.41) is 6.84. The number of sulfone groups is 1. The van der Waals surface area contributed by atoms with Crippen LogP contribution in [0.1, 0.15) is 5.56 Å². The van der Waals surface area contributed by atoms with E-state index in [0.717, 1.165) is 18.4 Å². The van der Waals surface area contributed by atoms with Crippen molar-refractivity contribution in [1.82, 2.24) is 10.2 Å². The third kappa shape index (κ3) is 2.94. The Kier molecular flexibility index (Phi) is 3.44. The van der Waals surface area contributed by atoms with Crippen molar-refractivity contribution in [3.8, 4) is 11.1 Å². The molecule has 1 aromatic heterocycles. The Hall–Kier alpha value is -2.35. The molecule has 3 rings (SSSR count). The first-order valence-corrected chi connectivity index (χ1v) is 8.40. The molecule has 4 nitrogen and oxygen atoms in total. The van der Waals surface area contributed by atoms with E-state index in [-0.39, 0.29) is 10.4 Å². The Labute approximate surface area is 129 Å². The normalized spacial score (nSPS) is 12.7. The number of H-pyrrole nitrogens is 1. The number of halogens is 3. The monoisotopic (exact) mass is 340 g/mol. The molecule has 0 atom stereocenters. The van der Waals surface area contributed by atoms with Crippen molar-refractivity contribution in [1.29, 1.82) is 0 Å². The largest absolute Gasteiger partial charge is 0.416 e. The lowest BCUT2D eigenvalue weighted by atomic mass is 9.99. The topological polar surface area (TPSA) is 62.8 Å². The SMILES string of the molecule is CS(=O)(=O)c1ccc(-c2cc(C(F)(F)F)cc3[nH]ncc23)cc1. The molecule has 23 heavy (non-hydrogen) atoms. The van der Waals surface area contributed by atoms with E-state index in [1.807, 2.05) is 0 Å². The number of benzene rings is 2. The summed E-state index contributed by atoms with van der Waals surface area (Å²) in [5.74, 6) is 0. The van der Waals surface area contributed by atoms with E-state index in [4.69, 9.17) is 0 Å². The van der Waals surface area contributed by atoms with E-state index in [2.05, 4.69) is 10.2 Å². The minimum atomic E-state index is -4.49. The van der Waals surface area contributed by atoms with Crippen molar-refractivity contribution in [3.63, 3.8) is 0 Å². The maximum absolute atomic E-state index is 13.0. The number of aromatic nitrogens is 2. The van der Waals surface area contributed by atoms with Crippen molar-refractivity contribution in [2.45, 2.75) is 11.1 Å². The van der Waals surface area contributed by atoms with Gasteiger partial charge in [-0.2, -0.15) is 18.3 Å². The van der Waals surface area contributed by atoms with Gasteiger partial charge in [0.05, 0.1) is 22.2 Å². The molecule has 0 fully saturated rings. The molecule has 0 aliphatic rings. The van der Waals surface area contributed by atoms with E-state index < -0.39 is 21.6 Å². The molecule has 0 spiro atoms. The quantitative estimate of drug-likeness (QED) is 0.774. The van der Waals surface area contributed by atoms with Crippen molar-refractivity contribution in [2.24, 2.45) is 0 Å².